The number of nitrogens with zero attached hydrogens (tertiary/aromatic N) is 2. The maximum absolute atomic E-state index is 12.5. The average molecular weight is 243 g/mol. The van der Waals surface area contributed by atoms with Gasteiger partial charge in [0.05, 0.1) is 5.69 Å². The predicted molar refractivity (Wildman–Crippen MR) is 45.8 cm³/mol. The molecule has 0 aliphatic carbocycles. The van der Waals surface area contributed by atoms with E-state index >= 15 is 0 Å². The molecule has 16 heavy (non-hydrogen) atoms. The van der Waals surface area contributed by atoms with Crippen molar-refractivity contribution in [3.63, 3.8) is 0 Å². The molecule has 1 aromatic heterocycles. The number of hydrogen-bond acceptors (Lipinski definition) is 2. The Kier molecular flexibility index (Phi) is 2.97. The second kappa shape index (κ2) is 3.69. The molecule has 0 aromatic carbocycles. The van der Waals surface area contributed by atoms with E-state index in [0.29, 0.717) is 6.07 Å². The van der Waals surface area contributed by atoms with Gasteiger partial charge in [-0.2, -0.15) is 18.3 Å². The van der Waals surface area contributed by atoms with Crippen LogP contribution in [-0.2, 0) is 18.8 Å². The number of alkyl halides is 5. The van der Waals surface area contributed by atoms with Crippen molar-refractivity contribution in [1.29, 1.82) is 0 Å². The molecule has 8 heteroatoms. The Bertz CT molecular complexity index is 380. The molecule has 2 N–H and O–H groups in total. The topological polar surface area (TPSA) is 43.8 Å². The predicted octanol–water partition coefficient (Wildman–Crippen LogP) is 1.88. The Morgan fingerprint density at radius 2 is 1.88 bits per heavy atom. The van der Waals surface area contributed by atoms with Gasteiger partial charge in [-0.25, -0.2) is 8.78 Å². The van der Waals surface area contributed by atoms with E-state index in [1.807, 2.05) is 0 Å². The van der Waals surface area contributed by atoms with E-state index in [-0.39, 0.29) is 5.69 Å². The summed E-state index contributed by atoms with van der Waals surface area (Å²) in [4.78, 5) is 0. The summed E-state index contributed by atoms with van der Waals surface area (Å²) in [6.45, 7) is 0.953. The number of halogens is 5. The van der Waals surface area contributed by atoms with Gasteiger partial charge in [0.1, 0.15) is 5.54 Å². The van der Waals surface area contributed by atoms with E-state index in [1.165, 1.54) is 0 Å². The normalized spacial score (nSPS) is 16.6. The SMILES string of the molecule is Cn1nc(C(F)(F)F)cc1C(C)(N)C(F)F. The maximum atomic E-state index is 12.5. The molecule has 1 rings (SSSR count). The Morgan fingerprint density at radius 3 is 2.19 bits per heavy atom. The van der Waals surface area contributed by atoms with E-state index < -0.39 is 23.8 Å². The number of nitrogens with two attached hydrogens (primary N) is 1. The minimum absolute atomic E-state index is 0.366. The number of aryl methyl sites for hydroxylation is 1. The van der Waals surface area contributed by atoms with Gasteiger partial charge in [-0.3, -0.25) is 4.68 Å². The van der Waals surface area contributed by atoms with Crippen LogP contribution in [0.4, 0.5) is 22.0 Å². The van der Waals surface area contributed by atoms with Crippen LogP contribution in [0.15, 0.2) is 6.07 Å². The molecule has 0 amide bonds. The van der Waals surface area contributed by atoms with Crippen molar-refractivity contribution in [3.8, 4) is 0 Å². The van der Waals surface area contributed by atoms with Crippen LogP contribution in [0.5, 0.6) is 0 Å². The Balaban J connectivity index is 3.23. The highest BCUT2D eigenvalue weighted by atomic mass is 19.4. The van der Waals surface area contributed by atoms with Gasteiger partial charge in [-0.15, -0.1) is 0 Å². The van der Waals surface area contributed by atoms with Crippen molar-refractivity contribution in [2.24, 2.45) is 12.8 Å². The first-order chi connectivity index (χ1) is 7.06. The first-order valence-corrected chi connectivity index (χ1v) is 4.25. The van der Waals surface area contributed by atoms with E-state index in [4.69, 9.17) is 5.73 Å². The van der Waals surface area contributed by atoms with Crippen LogP contribution in [0.1, 0.15) is 18.3 Å². The molecule has 0 saturated heterocycles. The fourth-order valence-electron chi connectivity index (χ4n) is 1.22. The lowest BCUT2D eigenvalue weighted by atomic mass is 9.99. The summed E-state index contributed by atoms with van der Waals surface area (Å²) >= 11 is 0. The summed E-state index contributed by atoms with van der Waals surface area (Å²) in [7, 11) is 1.14. The van der Waals surface area contributed by atoms with Gasteiger partial charge in [0.2, 0.25) is 0 Å². The average Bonchev–Trinajstić information content (AvgIpc) is 2.46. The van der Waals surface area contributed by atoms with Crippen molar-refractivity contribution in [2.75, 3.05) is 0 Å². The van der Waals surface area contributed by atoms with Crippen molar-refractivity contribution >= 4 is 0 Å². The van der Waals surface area contributed by atoms with Gasteiger partial charge in [0, 0.05) is 7.05 Å². The van der Waals surface area contributed by atoms with E-state index in [1.54, 1.807) is 0 Å². The zero-order valence-electron chi connectivity index (χ0n) is 8.52. The first-order valence-electron chi connectivity index (χ1n) is 4.25. The molecule has 0 radical (unpaired) electrons. The van der Waals surface area contributed by atoms with E-state index in [2.05, 4.69) is 5.10 Å². The van der Waals surface area contributed by atoms with E-state index in [9.17, 15) is 22.0 Å². The van der Waals surface area contributed by atoms with Crippen LogP contribution in [-0.4, -0.2) is 16.2 Å². The minimum Gasteiger partial charge on any atom is -0.316 e. The monoisotopic (exact) mass is 243 g/mol. The second-order valence-corrected chi connectivity index (χ2v) is 3.62. The van der Waals surface area contributed by atoms with Crippen LogP contribution in [0.2, 0.25) is 0 Å². The third kappa shape index (κ3) is 2.16. The Morgan fingerprint density at radius 1 is 1.38 bits per heavy atom. The number of hydrogen-bond donors (Lipinski definition) is 1. The highest BCUT2D eigenvalue weighted by Crippen LogP contribution is 2.32. The fourth-order valence-corrected chi connectivity index (χ4v) is 1.22. The van der Waals surface area contributed by atoms with Gasteiger partial charge >= 0.3 is 6.18 Å². The smallest absolute Gasteiger partial charge is 0.316 e. The molecule has 0 aliphatic heterocycles. The quantitative estimate of drug-likeness (QED) is 0.806. The molecule has 0 aliphatic rings. The van der Waals surface area contributed by atoms with Gasteiger partial charge in [-0.1, -0.05) is 0 Å². The lowest BCUT2D eigenvalue weighted by Crippen LogP contribution is -2.42. The maximum Gasteiger partial charge on any atom is 0.435 e. The number of rotatable bonds is 2. The molecule has 92 valence electrons. The Hall–Kier alpha value is -1.18. The molecular formula is C8H10F5N3. The third-order valence-corrected chi connectivity index (χ3v) is 2.18. The van der Waals surface area contributed by atoms with E-state index in [0.717, 1.165) is 18.7 Å². The number of aromatic nitrogens is 2. The standard InChI is InChI=1S/C8H10F5N3/c1-7(14,6(9)10)5-3-4(8(11,12)13)15-16(5)2/h3,6H,14H2,1-2H3. The van der Waals surface area contributed by atoms with Crippen LogP contribution >= 0.6 is 0 Å². The van der Waals surface area contributed by atoms with Crippen molar-refractivity contribution in [3.05, 3.63) is 17.5 Å². The summed E-state index contributed by atoms with van der Waals surface area (Å²) < 4.78 is 62.6. The van der Waals surface area contributed by atoms with Crippen molar-refractivity contribution < 1.29 is 22.0 Å². The second-order valence-electron chi connectivity index (χ2n) is 3.62. The summed E-state index contributed by atoms with van der Waals surface area (Å²) in [6.07, 6.45) is -7.65. The van der Waals surface area contributed by atoms with Crippen molar-refractivity contribution in [2.45, 2.75) is 25.1 Å². The molecular weight excluding hydrogens is 233 g/mol. The highest BCUT2D eigenvalue weighted by molar-refractivity contribution is 5.21. The third-order valence-electron chi connectivity index (χ3n) is 2.18. The molecule has 1 aromatic rings. The fraction of sp³-hybridized carbons (Fsp3) is 0.625. The minimum atomic E-state index is -4.67. The molecule has 0 saturated carbocycles. The largest absolute Gasteiger partial charge is 0.435 e. The molecule has 1 heterocycles. The molecule has 1 unspecified atom stereocenters. The summed E-state index contributed by atoms with van der Waals surface area (Å²) in [5, 5.41) is 3.11. The molecule has 3 nitrogen and oxygen atoms in total. The van der Waals surface area contributed by atoms with Crippen LogP contribution in [0, 0.1) is 0 Å². The van der Waals surface area contributed by atoms with Crippen LogP contribution in [0.25, 0.3) is 0 Å². The summed E-state index contributed by atoms with van der Waals surface area (Å²) in [5.41, 5.74) is 1.50. The van der Waals surface area contributed by atoms with Gasteiger partial charge in [0.25, 0.3) is 6.43 Å². The zero-order chi connectivity index (χ0) is 12.7. The molecule has 0 spiro atoms. The Labute approximate surface area is 88.0 Å². The lowest BCUT2D eigenvalue weighted by Gasteiger charge is -2.23. The summed E-state index contributed by atoms with van der Waals surface area (Å²) in [6, 6.07) is 0.534. The first kappa shape index (κ1) is 12.9. The molecule has 0 fully saturated rings. The van der Waals surface area contributed by atoms with Crippen molar-refractivity contribution in [1.82, 2.24) is 9.78 Å². The van der Waals surface area contributed by atoms with Gasteiger partial charge in [-0.05, 0) is 13.0 Å². The van der Waals surface area contributed by atoms with Gasteiger partial charge in [0.15, 0.2) is 5.69 Å². The summed E-state index contributed by atoms with van der Waals surface area (Å²) in [5.74, 6) is 0. The van der Waals surface area contributed by atoms with Gasteiger partial charge < -0.3 is 5.73 Å². The zero-order valence-corrected chi connectivity index (χ0v) is 8.52. The van der Waals surface area contributed by atoms with Crippen LogP contribution in [0.3, 0.4) is 0 Å². The highest BCUT2D eigenvalue weighted by Gasteiger charge is 2.40. The lowest BCUT2D eigenvalue weighted by molar-refractivity contribution is -0.141. The molecule has 1 atom stereocenters. The molecule has 0 bridgehead atoms. The van der Waals surface area contributed by atoms with Crippen LogP contribution < -0.4 is 5.73 Å².